The van der Waals surface area contributed by atoms with Gasteiger partial charge in [0.1, 0.15) is 0 Å². The Morgan fingerprint density at radius 3 is 2.33 bits per heavy atom. The number of allylic oxidation sites excluding steroid dienone is 22. The molecular weight excluding hydrogens is 779 g/mol. The summed E-state index contributed by atoms with van der Waals surface area (Å²) in [5.41, 5.74) is 10.6. The van der Waals surface area contributed by atoms with Gasteiger partial charge in [-0.15, -0.1) is 0 Å². The molecule has 316 valence electrons. The first-order valence-electron chi connectivity index (χ1n) is 22.1. The van der Waals surface area contributed by atoms with E-state index in [9.17, 15) is 0 Å². The van der Waals surface area contributed by atoms with Gasteiger partial charge < -0.3 is 9.13 Å². The molecule has 0 amide bonds. The van der Waals surface area contributed by atoms with Gasteiger partial charge in [0.05, 0.1) is 16.6 Å². The van der Waals surface area contributed by atoms with Crippen molar-refractivity contribution < 1.29 is 0 Å². The van der Waals surface area contributed by atoms with Crippen molar-refractivity contribution in [3.63, 3.8) is 0 Å². The normalized spacial score (nSPS) is 15.6. The summed E-state index contributed by atoms with van der Waals surface area (Å²) in [7, 11) is 0. The first-order chi connectivity index (χ1) is 31.3. The fourth-order valence-corrected chi connectivity index (χ4v) is 8.73. The second-order valence-corrected chi connectivity index (χ2v) is 16.0. The van der Waals surface area contributed by atoms with Crippen LogP contribution < -0.4 is 0 Å². The fraction of sp³-hybridized carbons (Fsp3) is 0.136. The van der Waals surface area contributed by atoms with Crippen LogP contribution >= 0.6 is 0 Å². The number of nitrogens with zero attached hydrogens (tertiary/aromatic N) is 5. The molecule has 3 heterocycles. The lowest BCUT2D eigenvalue weighted by atomic mass is 9.88. The first-order valence-corrected chi connectivity index (χ1v) is 22.1. The van der Waals surface area contributed by atoms with E-state index in [1.807, 2.05) is 93.7 Å². The van der Waals surface area contributed by atoms with Gasteiger partial charge in [-0.3, -0.25) is 0 Å². The van der Waals surface area contributed by atoms with Gasteiger partial charge in [-0.05, 0) is 123 Å². The van der Waals surface area contributed by atoms with E-state index in [1.165, 1.54) is 38.9 Å². The van der Waals surface area contributed by atoms with Crippen LogP contribution in [-0.2, 0) is 0 Å². The van der Waals surface area contributed by atoms with Gasteiger partial charge in [0, 0.05) is 56.4 Å². The van der Waals surface area contributed by atoms with E-state index >= 15 is 0 Å². The average Bonchev–Trinajstić information content (AvgIpc) is 3.91. The van der Waals surface area contributed by atoms with E-state index < -0.39 is 0 Å². The van der Waals surface area contributed by atoms with Crippen molar-refractivity contribution in [3.8, 4) is 11.4 Å². The van der Waals surface area contributed by atoms with Crippen molar-refractivity contribution in [1.82, 2.24) is 24.1 Å². The molecule has 1 aliphatic rings. The molecule has 1 atom stereocenters. The average molecular weight is 834 g/mol. The van der Waals surface area contributed by atoms with Crippen LogP contribution in [0.15, 0.2) is 208 Å². The number of fused-ring (bicyclic) bond motifs is 2. The molecule has 0 spiro atoms. The molecule has 5 heteroatoms. The highest BCUT2D eigenvalue weighted by molar-refractivity contribution is 6.30. The molecule has 0 saturated heterocycles. The summed E-state index contributed by atoms with van der Waals surface area (Å²) >= 11 is 0. The Morgan fingerprint density at radius 2 is 1.56 bits per heavy atom. The number of aromatic nitrogens is 5. The van der Waals surface area contributed by atoms with E-state index in [-0.39, 0.29) is 0 Å². The standard InChI is InChI=1S/C59H55N5/c1-9-14-17-23-42(8)63-36-35-50-51-34-32-45-27-21-30-52-55(45)56(51)54(39-53(50)63)64(52)49(13-5)33-31-40(6)57-60-58(47(22-11-3)37-41(7)43(12-4)24-15-10-2)62-59(61-57)48-29-20-28-46(38-48)44-25-18-16-19-26-44/h9-15,17-18,20-25,27-39,44H,4,6-8,16,19,26H2,1-3,5H3/b14-9-,15-10-,22-11-,23-17-,33-31-,43-24+,47-37+,49-13+. The molecule has 1 aliphatic carbocycles. The van der Waals surface area contributed by atoms with Crippen LogP contribution in [0.3, 0.4) is 0 Å². The largest absolute Gasteiger partial charge is 0.317 e. The molecule has 0 bridgehead atoms. The van der Waals surface area contributed by atoms with Crippen LogP contribution in [-0.4, -0.2) is 24.1 Å². The van der Waals surface area contributed by atoms with Crippen molar-refractivity contribution >= 4 is 66.0 Å². The summed E-state index contributed by atoms with van der Waals surface area (Å²) in [5, 5.41) is 6.08. The third-order valence-corrected chi connectivity index (χ3v) is 11.9. The summed E-state index contributed by atoms with van der Waals surface area (Å²) in [5.74, 6) is 1.96. The number of rotatable bonds is 15. The molecule has 3 aromatic heterocycles. The van der Waals surface area contributed by atoms with Crippen molar-refractivity contribution in [3.05, 3.63) is 225 Å². The Morgan fingerprint density at radius 1 is 0.734 bits per heavy atom. The van der Waals surface area contributed by atoms with E-state index in [1.54, 1.807) is 0 Å². The van der Waals surface area contributed by atoms with Gasteiger partial charge in [0.2, 0.25) is 0 Å². The van der Waals surface area contributed by atoms with Crippen LogP contribution in [0.5, 0.6) is 0 Å². The van der Waals surface area contributed by atoms with Gasteiger partial charge in [-0.1, -0.05) is 142 Å². The quantitative estimate of drug-likeness (QED) is 0.0587. The maximum Gasteiger partial charge on any atom is 0.164 e. The molecule has 0 aliphatic heterocycles. The maximum atomic E-state index is 5.13. The zero-order chi connectivity index (χ0) is 44.7. The summed E-state index contributed by atoms with van der Waals surface area (Å²) < 4.78 is 4.53. The Labute approximate surface area is 377 Å². The topological polar surface area (TPSA) is 48.5 Å². The highest BCUT2D eigenvalue weighted by Crippen LogP contribution is 2.43. The zero-order valence-electron chi connectivity index (χ0n) is 37.4. The molecule has 0 saturated carbocycles. The van der Waals surface area contributed by atoms with Gasteiger partial charge in [-0.25, -0.2) is 15.0 Å². The lowest BCUT2D eigenvalue weighted by Crippen LogP contribution is -2.05. The monoisotopic (exact) mass is 833 g/mol. The SMILES string of the molecule is C=C/C(=C\C=C/C)C(=C)/C=C(\C=C/C)c1nc(C(=C)/C=C\C(=C/C)n2c3cccc4ccc5c6ccn(C(=C)/C=C\C=C/C)c6cc2c5c43)nc(-c2cccc(C3C=CCCC3)c2)n1. The predicted molar refractivity (Wildman–Crippen MR) is 277 cm³/mol. The van der Waals surface area contributed by atoms with Gasteiger partial charge in [0.15, 0.2) is 17.5 Å². The minimum Gasteiger partial charge on any atom is -0.317 e. The van der Waals surface area contributed by atoms with Crippen LogP contribution in [0.4, 0.5) is 0 Å². The van der Waals surface area contributed by atoms with Crippen molar-refractivity contribution in [2.75, 3.05) is 0 Å². The highest BCUT2D eigenvalue weighted by Gasteiger charge is 2.21. The second kappa shape index (κ2) is 19.2. The molecule has 7 aromatic rings. The van der Waals surface area contributed by atoms with E-state index in [0.29, 0.717) is 29.0 Å². The molecule has 0 radical (unpaired) electrons. The minimum absolute atomic E-state index is 0.363. The molecule has 8 rings (SSSR count). The van der Waals surface area contributed by atoms with Crippen molar-refractivity contribution in [2.24, 2.45) is 0 Å². The fourth-order valence-electron chi connectivity index (χ4n) is 8.73. The van der Waals surface area contributed by atoms with Gasteiger partial charge >= 0.3 is 0 Å². The van der Waals surface area contributed by atoms with Crippen LogP contribution in [0.1, 0.15) is 70.1 Å². The van der Waals surface area contributed by atoms with Gasteiger partial charge in [-0.2, -0.15) is 0 Å². The minimum atomic E-state index is 0.363. The summed E-state index contributed by atoms with van der Waals surface area (Å²) in [6, 6.07) is 24.1. The predicted octanol–water partition coefficient (Wildman–Crippen LogP) is 16.0. The third-order valence-electron chi connectivity index (χ3n) is 11.9. The summed E-state index contributed by atoms with van der Waals surface area (Å²) in [6.07, 6.45) is 38.3. The zero-order valence-corrected chi connectivity index (χ0v) is 37.4. The Balaban J connectivity index is 1.25. The maximum absolute atomic E-state index is 5.13. The molecule has 0 fully saturated rings. The Bertz CT molecular complexity index is 3250. The summed E-state index contributed by atoms with van der Waals surface area (Å²) in [4.78, 5) is 15.4. The van der Waals surface area contributed by atoms with Crippen LogP contribution in [0.25, 0.3) is 77.4 Å². The third kappa shape index (κ3) is 8.45. The smallest absolute Gasteiger partial charge is 0.164 e. The first kappa shape index (κ1) is 43.0. The van der Waals surface area contributed by atoms with Crippen molar-refractivity contribution in [2.45, 2.75) is 52.9 Å². The van der Waals surface area contributed by atoms with Crippen molar-refractivity contribution in [1.29, 1.82) is 0 Å². The number of hydrogen-bond acceptors (Lipinski definition) is 3. The van der Waals surface area contributed by atoms with Crippen LogP contribution in [0, 0.1) is 0 Å². The molecular formula is C59H55N5. The molecule has 0 N–H and O–H groups in total. The molecule has 1 unspecified atom stereocenters. The second-order valence-electron chi connectivity index (χ2n) is 16.0. The number of benzene rings is 4. The van der Waals surface area contributed by atoms with E-state index in [2.05, 4.69) is 140 Å². The molecule has 64 heavy (non-hydrogen) atoms. The lowest BCUT2D eigenvalue weighted by Gasteiger charge is -2.17. The van der Waals surface area contributed by atoms with E-state index in [4.69, 9.17) is 15.0 Å². The van der Waals surface area contributed by atoms with E-state index in [0.717, 1.165) is 63.1 Å². The molecule has 4 aromatic carbocycles. The summed E-state index contributed by atoms with van der Waals surface area (Å²) in [6.45, 7) is 25.5. The lowest BCUT2D eigenvalue weighted by molar-refractivity contribution is 0.654. The Kier molecular flexibility index (Phi) is 12.9. The van der Waals surface area contributed by atoms with Gasteiger partial charge in [0.25, 0.3) is 0 Å². The van der Waals surface area contributed by atoms with Crippen LogP contribution in [0.2, 0.25) is 0 Å². The highest BCUT2D eigenvalue weighted by atomic mass is 15.0. The molecule has 5 nitrogen and oxygen atoms in total. The Hall–Kier alpha value is -7.63. The number of hydrogen-bond donors (Lipinski definition) is 0.